The smallest absolute Gasteiger partial charge is 0.0236 e. The molecule has 20 heavy (non-hydrogen) atoms. The first-order valence-electron chi connectivity index (χ1n) is 7.34. The molecule has 0 aliphatic heterocycles. The van der Waals surface area contributed by atoms with Crippen LogP contribution < -0.4 is 5.32 Å². The van der Waals surface area contributed by atoms with E-state index in [0.717, 1.165) is 32.7 Å². The van der Waals surface area contributed by atoms with Crippen LogP contribution in [-0.4, -0.2) is 18.0 Å². The quantitative estimate of drug-likeness (QED) is 0.793. The zero-order valence-electron chi connectivity index (χ0n) is 12.4. The molecule has 1 aromatic carbocycles. The summed E-state index contributed by atoms with van der Waals surface area (Å²) in [4.78, 5) is 2.46. The van der Waals surface area contributed by atoms with Crippen LogP contribution in [0, 0.1) is 0 Å². The second-order valence-corrected chi connectivity index (χ2v) is 5.75. The molecule has 2 aromatic rings. The average molecular weight is 288 g/mol. The summed E-state index contributed by atoms with van der Waals surface area (Å²) < 4.78 is 0. The monoisotopic (exact) mass is 288 g/mol. The van der Waals surface area contributed by atoms with E-state index in [2.05, 4.69) is 65.2 Å². The van der Waals surface area contributed by atoms with E-state index in [1.165, 1.54) is 16.7 Å². The fourth-order valence-corrected chi connectivity index (χ4v) is 2.98. The number of nitrogens with zero attached hydrogens (tertiary/aromatic N) is 1. The van der Waals surface area contributed by atoms with Gasteiger partial charge in [0, 0.05) is 19.6 Å². The van der Waals surface area contributed by atoms with E-state index in [1.54, 1.807) is 11.3 Å². The van der Waals surface area contributed by atoms with Crippen LogP contribution >= 0.6 is 11.3 Å². The van der Waals surface area contributed by atoms with Gasteiger partial charge in [-0.05, 0) is 46.6 Å². The molecule has 0 bridgehead atoms. The Hall–Kier alpha value is -1.16. The van der Waals surface area contributed by atoms with Crippen LogP contribution in [0.3, 0.4) is 0 Å². The summed E-state index contributed by atoms with van der Waals surface area (Å²) in [5, 5.41) is 7.88. The van der Waals surface area contributed by atoms with E-state index in [1.807, 2.05) is 0 Å². The molecule has 108 valence electrons. The molecule has 0 aliphatic carbocycles. The van der Waals surface area contributed by atoms with Crippen LogP contribution in [0.25, 0.3) is 0 Å². The molecule has 2 rings (SSSR count). The molecule has 0 unspecified atom stereocenters. The van der Waals surface area contributed by atoms with Crippen LogP contribution in [0.1, 0.15) is 30.5 Å². The largest absolute Gasteiger partial charge is 0.309 e. The van der Waals surface area contributed by atoms with Gasteiger partial charge in [-0.25, -0.2) is 0 Å². The lowest BCUT2D eigenvalue weighted by Crippen LogP contribution is -2.23. The van der Waals surface area contributed by atoms with Crippen LogP contribution in [0.15, 0.2) is 41.1 Å². The minimum Gasteiger partial charge on any atom is -0.309 e. The van der Waals surface area contributed by atoms with E-state index in [-0.39, 0.29) is 0 Å². The predicted octanol–water partition coefficient (Wildman–Crippen LogP) is 3.88. The molecule has 0 spiro atoms. The van der Waals surface area contributed by atoms with Crippen molar-refractivity contribution in [1.29, 1.82) is 0 Å². The molecule has 0 aliphatic rings. The van der Waals surface area contributed by atoms with E-state index < -0.39 is 0 Å². The maximum atomic E-state index is 3.54. The summed E-state index contributed by atoms with van der Waals surface area (Å²) in [6, 6.07) is 10.9. The zero-order chi connectivity index (χ0) is 14.2. The van der Waals surface area contributed by atoms with Gasteiger partial charge in [-0.15, -0.1) is 0 Å². The van der Waals surface area contributed by atoms with E-state index >= 15 is 0 Å². The van der Waals surface area contributed by atoms with Crippen LogP contribution in [0.4, 0.5) is 0 Å². The van der Waals surface area contributed by atoms with Crippen molar-refractivity contribution in [3.05, 3.63) is 57.8 Å². The molecule has 0 radical (unpaired) electrons. The molecule has 0 saturated carbocycles. The molecule has 1 heterocycles. The number of thiophene rings is 1. The highest BCUT2D eigenvalue weighted by atomic mass is 32.1. The lowest BCUT2D eigenvalue weighted by molar-refractivity contribution is 0.294. The molecule has 3 heteroatoms. The number of benzene rings is 1. The minimum atomic E-state index is 0.938. The van der Waals surface area contributed by atoms with Crippen LogP contribution in [0.5, 0.6) is 0 Å². The molecule has 1 aromatic heterocycles. The Labute approximate surface area is 126 Å². The minimum absolute atomic E-state index is 0.938. The highest BCUT2D eigenvalue weighted by molar-refractivity contribution is 7.07. The Morgan fingerprint density at radius 2 is 1.75 bits per heavy atom. The van der Waals surface area contributed by atoms with Gasteiger partial charge in [-0.3, -0.25) is 4.90 Å². The standard InChI is InChI=1S/C17H24N2S/c1-3-19(4-2)13-17-8-6-5-7-16(17)12-18-11-15-9-10-20-14-15/h5-10,14,18H,3-4,11-13H2,1-2H3. The van der Waals surface area contributed by atoms with Crippen LogP contribution in [0.2, 0.25) is 0 Å². The Morgan fingerprint density at radius 1 is 1.00 bits per heavy atom. The number of hydrogen-bond acceptors (Lipinski definition) is 3. The van der Waals surface area contributed by atoms with E-state index in [4.69, 9.17) is 0 Å². The SMILES string of the molecule is CCN(CC)Cc1ccccc1CNCc1ccsc1. The molecule has 0 amide bonds. The van der Waals surface area contributed by atoms with Crippen molar-refractivity contribution in [1.82, 2.24) is 10.2 Å². The topological polar surface area (TPSA) is 15.3 Å². The number of hydrogen-bond donors (Lipinski definition) is 1. The maximum Gasteiger partial charge on any atom is 0.0236 e. The van der Waals surface area contributed by atoms with Crippen molar-refractivity contribution < 1.29 is 0 Å². The maximum absolute atomic E-state index is 3.54. The molecular weight excluding hydrogens is 264 g/mol. The van der Waals surface area contributed by atoms with E-state index in [0.29, 0.717) is 0 Å². The van der Waals surface area contributed by atoms with Gasteiger partial charge < -0.3 is 5.32 Å². The van der Waals surface area contributed by atoms with Gasteiger partial charge in [-0.1, -0.05) is 38.1 Å². The first-order valence-corrected chi connectivity index (χ1v) is 8.28. The molecular formula is C17H24N2S. The lowest BCUT2D eigenvalue weighted by atomic mass is 10.1. The van der Waals surface area contributed by atoms with E-state index in [9.17, 15) is 0 Å². The third-order valence-electron chi connectivity index (χ3n) is 3.63. The molecule has 1 N–H and O–H groups in total. The van der Waals surface area contributed by atoms with Gasteiger partial charge >= 0.3 is 0 Å². The third kappa shape index (κ3) is 4.44. The fraction of sp³-hybridized carbons (Fsp3) is 0.412. The van der Waals surface area contributed by atoms with Gasteiger partial charge in [0.25, 0.3) is 0 Å². The predicted molar refractivity (Wildman–Crippen MR) is 87.9 cm³/mol. The van der Waals surface area contributed by atoms with Gasteiger partial charge in [0.1, 0.15) is 0 Å². The Morgan fingerprint density at radius 3 is 2.40 bits per heavy atom. The third-order valence-corrected chi connectivity index (χ3v) is 4.36. The van der Waals surface area contributed by atoms with Gasteiger partial charge in [0.2, 0.25) is 0 Å². The van der Waals surface area contributed by atoms with Crippen molar-refractivity contribution in [2.75, 3.05) is 13.1 Å². The van der Waals surface area contributed by atoms with Gasteiger partial charge in [0.15, 0.2) is 0 Å². The summed E-state index contributed by atoms with van der Waals surface area (Å²) in [6.45, 7) is 9.59. The highest BCUT2D eigenvalue weighted by Gasteiger charge is 2.05. The highest BCUT2D eigenvalue weighted by Crippen LogP contribution is 2.12. The summed E-state index contributed by atoms with van der Waals surface area (Å²) >= 11 is 1.76. The zero-order valence-corrected chi connectivity index (χ0v) is 13.2. The Kier molecular flexibility index (Phi) is 6.25. The van der Waals surface area contributed by atoms with Crippen molar-refractivity contribution in [3.63, 3.8) is 0 Å². The number of rotatable bonds is 8. The molecule has 0 fully saturated rings. The second kappa shape index (κ2) is 8.20. The summed E-state index contributed by atoms with van der Waals surface area (Å²) in [5.41, 5.74) is 4.22. The Bertz CT molecular complexity index is 489. The first-order chi connectivity index (χ1) is 9.83. The van der Waals surface area contributed by atoms with Gasteiger partial charge in [0.05, 0.1) is 0 Å². The van der Waals surface area contributed by atoms with Crippen molar-refractivity contribution in [3.8, 4) is 0 Å². The molecule has 0 saturated heterocycles. The van der Waals surface area contributed by atoms with Crippen LogP contribution in [-0.2, 0) is 19.6 Å². The first kappa shape index (κ1) is 15.2. The Balaban J connectivity index is 1.93. The number of nitrogens with one attached hydrogen (secondary N) is 1. The van der Waals surface area contributed by atoms with Crippen molar-refractivity contribution in [2.24, 2.45) is 0 Å². The summed E-state index contributed by atoms with van der Waals surface area (Å²) in [7, 11) is 0. The second-order valence-electron chi connectivity index (χ2n) is 4.97. The summed E-state index contributed by atoms with van der Waals surface area (Å²) in [5.74, 6) is 0. The average Bonchev–Trinajstić information content (AvgIpc) is 2.99. The normalized spacial score (nSPS) is 11.2. The summed E-state index contributed by atoms with van der Waals surface area (Å²) in [6.07, 6.45) is 0. The fourth-order valence-electron chi connectivity index (χ4n) is 2.31. The lowest BCUT2D eigenvalue weighted by Gasteiger charge is -2.20. The van der Waals surface area contributed by atoms with Crippen molar-refractivity contribution >= 4 is 11.3 Å². The van der Waals surface area contributed by atoms with Gasteiger partial charge in [-0.2, -0.15) is 11.3 Å². The molecule has 0 atom stereocenters. The van der Waals surface area contributed by atoms with Crippen molar-refractivity contribution in [2.45, 2.75) is 33.5 Å². The molecule has 2 nitrogen and oxygen atoms in total.